The zero-order valence-corrected chi connectivity index (χ0v) is 9.17. The normalized spacial score (nSPS) is 10.8. The number of hydrogen-bond acceptors (Lipinski definition) is 2. The van der Waals surface area contributed by atoms with E-state index in [1.165, 1.54) is 0 Å². The van der Waals surface area contributed by atoms with Gasteiger partial charge in [0.15, 0.2) is 0 Å². The summed E-state index contributed by atoms with van der Waals surface area (Å²) < 4.78 is 0. The Hall–Kier alpha value is -1.84. The zero-order valence-electron chi connectivity index (χ0n) is 9.17. The molecule has 0 amide bonds. The SMILES string of the molecule is CC(=O)CCCc1ccc2[nH]c(=O)[nH]c2c1. The maximum Gasteiger partial charge on any atom is 0.323 e. The first-order chi connectivity index (χ1) is 7.65. The van der Waals surface area contributed by atoms with Crippen LogP contribution in [0.3, 0.4) is 0 Å². The monoisotopic (exact) mass is 218 g/mol. The molecule has 1 aromatic carbocycles. The van der Waals surface area contributed by atoms with Gasteiger partial charge in [-0.2, -0.15) is 0 Å². The summed E-state index contributed by atoms with van der Waals surface area (Å²) in [5.41, 5.74) is 2.60. The molecule has 2 aromatic rings. The summed E-state index contributed by atoms with van der Waals surface area (Å²) in [5, 5.41) is 0. The topological polar surface area (TPSA) is 65.7 Å². The van der Waals surface area contributed by atoms with Crippen molar-refractivity contribution in [1.82, 2.24) is 9.97 Å². The highest BCUT2D eigenvalue weighted by molar-refractivity contribution is 5.76. The maximum atomic E-state index is 11.0. The van der Waals surface area contributed by atoms with Crippen molar-refractivity contribution in [3.8, 4) is 0 Å². The largest absolute Gasteiger partial charge is 0.323 e. The molecule has 0 unspecified atom stereocenters. The molecule has 84 valence electrons. The lowest BCUT2D eigenvalue weighted by Crippen LogP contribution is -1.99. The molecule has 16 heavy (non-hydrogen) atoms. The Bertz CT molecular complexity index is 566. The summed E-state index contributed by atoms with van der Waals surface area (Å²) >= 11 is 0. The molecule has 0 aliphatic rings. The first-order valence-electron chi connectivity index (χ1n) is 5.35. The second kappa shape index (κ2) is 4.35. The molecule has 0 atom stereocenters. The number of benzene rings is 1. The molecule has 0 aliphatic carbocycles. The molecule has 4 heteroatoms. The highest BCUT2D eigenvalue weighted by Crippen LogP contribution is 2.12. The number of nitrogens with one attached hydrogen (secondary N) is 2. The number of aryl methyl sites for hydroxylation is 1. The van der Waals surface area contributed by atoms with E-state index in [0.717, 1.165) is 29.4 Å². The van der Waals surface area contributed by atoms with E-state index in [1.54, 1.807) is 6.92 Å². The summed E-state index contributed by atoms with van der Waals surface area (Å²) in [6.45, 7) is 1.60. The molecule has 0 fully saturated rings. The molecular weight excluding hydrogens is 204 g/mol. The van der Waals surface area contributed by atoms with E-state index in [-0.39, 0.29) is 11.5 Å². The Labute approximate surface area is 92.7 Å². The number of rotatable bonds is 4. The van der Waals surface area contributed by atoms with Gasteiger partial charge in [0.2, 0.25) is 0 Å². The average molecular weight is 218 g/mol. The quantitative estimate of drug-likeness (QED) is 0.821. The van der Waals surface area contributed by atoms with Gasteiger partial charge in [-0.1, -0.05) is 6.07 Å². The summed E-state index contributed by atoms with van der Waals surface area (Å²) in [7, 11) is 0. The van der Waals surface area contributed by atoms with Gasteiger partial charge >= 0.3 is 5.69 Å². The summed E-state index contributed by atoms with van der Waals surface area (Å²) in [6, 6.07) is 5.82. The maximum absolute atomic E-state index is 11.0. The Kier molecular flexibility index (Phi) is 2.90. The number of imidazole rings is 1. The van der Waals surface area contributed by atoms with E-state index in [4.69, 9.17) is 0 Å². The first-order valence-corrected chi connectivity index (χ1v) is 5.35. The molecule has 0 spiro atoms. The molecule has 2 rings (SSSR count). The van der Waals surface area contributed by atoms with Crippen LogP contribution >= 0.6 is 0 Å². The minimum Gasteiger partial charge on any atom is -0.306 e. The molecule has 4 nitrogen and oxygen atoms in total. The van der Waals surface area contributed by atoms with Crippen LogP contribution in [0, 0.1) is 0 Å². The van der Waals surface area contributed by atoms with Gasteiger partial charge in [0, 0.05) is 6.42 Å². The van der Waals surface area contributed by atoms with Gasteiger partial charge in [0.25, 0.3) is 0 Å². The number of carbonyl (C=O) groups excluding carboxylic acids is 1. The predicted octanol–water partition coefficient (Wildman–Crippen LogP) is 1.77. The first kappa shape index (κ1) is 10.7. The number of H-pyrrole nitrogens is 2. The van der Waals surface area contributed by atoms with E-state index < -0.39 is 0 Å². The highest BCUT2D eigenvalue weighted by atomic mass is 16.1. The number of fused-ring (bicyclic) bond motifs is 1. The van der Waals surface area contributed by atoms with Gasteiger partial charge in [0.1, 0.15) is 5.78 Å². The number of Topliss-reactive ketones (excluding diaryl/α,β-unsaturated/α-hetero) is 1. The van der Waals surface area contributed by atoms with Crippen molar-refractivity contribution < 1.29 is 4.79 Å². The summed E-state index contributed by atoms with van der Waals surface area (Å²) in [6.07, 6.45) is 2.33. The summed E-state index contributed by atoms with van der Waals surface area (Å²) in [4.78, 5) is 27.3. The van der Waals surface area contributed by atoms with Gasteiger partial charge in [-0.25, -0.2) is 4.79 Å². The van der Waals surface area contributed by atoms with Crippen molar-refractivity contribution in [3.63, 3.8) is 0 Å². The second-order valence-corrected chi connectivity index (χ2v) is 4.01. The van der Waals surface area contributed by atoms with Crippen molar-refractivity contribution in [2.75, 3.05) is 0 Å². The van der Waals surface area contributed by atoms with Crippen LogP contribution in [0.15, 0.2) is 23.0 Å². The van der Waals surface area contributed by atoms with Crippen LogP contribution < -0.4 is 5.69 Å². The fourth-order valence-corrected chi connectivity index (χ4v) is 1.78. The molecule has 0 radical (unpaired) electrons. The second-order valence-electron chi connectivity index (χ2n) is 4.01. The van der Waals surface area contributed by atoms with Crippen LogP contribution in [-0.4, -0.2) is 15.8 Å². The van der Waals surface area contributed by atoms with Gasteiger partial charge in [-0.15, -0.1) is 0 Å². The molecule has 1 heterocycles. The number of aromatic nitrogens is 2. The minimum atomic E-state index is -0.184. The number of ketones is 1. The third-order valence-corrected chi connectivity index (χ3v) is 2.57. The van der Waals surface area contributed by atoms with Crippen LogP contribution in [0.1, 0.15) is 25.3 Å². The molecule has 1 aromatic heterocycles. The fraction of sp³-hybridized carbons (Fsp3) is 0.333. The van der Waals surface area contributed by atoms with Gasteiger partial charge in [-0.3, -0.25) is 0 Å². The van der Waals surface area contributed by atoms with Gasteiger partial charge in [0.05, 0.1) is 11.0 Å². The molecule has 0 saturated heterocycles. The van der Waals surface area contributed by atoms with Gasteiger partial charge < -0.3 is 14.8 Å². The smallest absolute Gasteiger partial charge is 0.306 e. The Morgan fingerprint density at radius 3 is 2.75 bits per heavy atom. The molecule has 0 saturated carbocycles. The Morgan fingerprint density at radius 2 is 2.00 bits per heavy atom. The van der Waals surface area contributed by atoms with Gasteiger partial charge in [-0.05, 0) is 37.5 Å². The Balaban J connectivity index is 2.13. The Morgan fingerprint density at radius 1 is 1.25 bits per heavy atom. The summed E-state index contributed by atoms with van der Waals surface area (Å²) in [5.74, 6) is 0.219. The van der Waals surface area contributed by atoms with Crippen molar-refractivity contribution in [3.05, 3.63) is 34.2 Å². The van der Waals surface area contributed by atoms with E-state index in [9.17, 15) is 9.59 Å². The van der Waals surface area contributed by atoms with Crippen LogP contribution in [0.5, 0.6) is 0 Å². The lowest BCUT2D eigenvalue weighted by Gasteiger charge is -1.99. The van der Waals surface area contributed by atoms with E-state index in [1.807, 2.05) is 18.2 Å². The van der Waals surface area contributed by atoms with E-state index in [0.29, 0.717) is 6.42 Å². The molecule has 0 bridgehead atoms. The van der Waals surface area contributed by atoms with Crippen molar-refractivity contribution in [2.45, 2.75) is 26.2 Å². The molecular formula is C12H14N2O2. The standard InChI is InChI=1S/C12H14N2O2/c1-8(15)3-2-4-9-5-6-10-11(7-9)14-12(16)13-10/h5-7H,2-4H2,1H3,(H2,13,14,16). The van der Waals surface area contributed by atoms with E-state index >= 15 is 0 Å². The minimum absolute atomic E-state index is 0.184. The van der Waals surface area contributed by atoms with Crippen molar-refractivity contribution >= 4 is 16.8 Å². The zero-order chi connectivity index (χ0) is 11.5. The lowest BCUT2D eigenvalue weighted by atomic mass is 10.1. The van der Waals surface area contributed by atoms with Crippen molar-refractivity contribution in [1.29, 1.82) is 0 Å². The third kappa shape index (κ3) is 2.39. The lowest BCUT2D eigenvalue weighted by molar-refractivity contribution is -0.117. The van der Waals surface area contributed by atoms with Crippen LogP contribution in [-0.2, 0) is 11.2 Å². The van der Waals surface area contributed by atoms with Crippen LogP contribution in [0.4, 0.5) is 0 Å². The van der Waals surface area contributed by atoms with Crippen molar-refractivity contribution in [2.24, 2.45) is 0 Å². The fourth-order valence-electron chi connectivity index (χ4n) is 1.78. The third-order valence-electron chi connectivity index (χ3n) is 2.57. The number of carbonyl (C=O) groups is 1. The average Bonchev–Trinajstić information content (AvgIpc) is 2.56. The number of aromatic amines is 2. The predicted molar refractivity (Wildman–Crippen MR) is 62.5 cm³/mol. The van der Waals surface area contributed by atoms with E-state index in [2.05, 4.69) is 9.97 Å². The van der Waals surface area contributed by atoms with Crippen LogP contribution in [0.25, 0.3) is 11.0 Å². The number of hydrogen-bond donors (Lipinski definition) is 2. The highest BCUT2D eigenvalue weighted by Gasteiger charge is 2.00. The molecule has 0 aliphatic heterocycles. The molecule has 2 N–H and O–H groups in total. The van der Waals surface area contributed by atoms with Crippen LogP contribution in [0.2, 0.25) is 0 Å².